The fraction of sp³-hybridized carbons (Fsp3) is 0.0909. The van der Waals surface area contributed by atoms with E-state index in [1.54, 1.807) is 42.5 Å². The molecule has 3 aromatic rings. The molecule has 29 heavy (non-hydrogen) atoms. The maximum Gasteiger partial charge on any atom is 0.259 e. The normalized spacial score (nSPS) is 15.3. The number of fused-ring (bicyclic) bond motifs is 2. The van der Waals surface area contributed by atoms with E-state index in [-0.39, 0.29) is 5.91 Å². The predicted molar refractivity (Wildman–Crippen MR) is 109 cm³/mol. The number of nitrogens with one attached hydrogen (secondary N) is 1. The van der Waals surface area contributed by atoms with Gasteiger partial charge in [0.15, 0.2) is 0 Å². The minimum Gasteiger partial charge on any atom is -0.322 e. The number of carbonyl (C=O) groups excluding carboxylic acids is 2. The minimum atomic E-state index is -1.55. The number of anilines is 2. The number of hydrogen-bond acceptors (Lipinski definition) is 3. The van der Waals surface area contributed by atoms with Crippen LogP contribution in [-0.2, 0) is 10.8 Å². The van der Waals surface area contributed by atoms with Crippen LogP contribution in [0.4, 0.5) is 15.8 Å². The molecule has 5 nitrogen and oxygen atoms in total. The first-order valence-electron chi connectivity index (χ1n) is 9.03. The topological polar surface area (TPSA) is 66.5 Å². The molecule has 1 atom stereocenters. The third kappa shape index (κ3) is 3.45. The van der Waals surface area contributed by atoms with Crippen molar-refractivity contribution in [3.8, 4) is 0 Å². The van der Waals surface area contributed by atoms with Crippen LogP contribution in [0.1, 0.15) is 27.6 Å². The number of hydrogen-bond donors (Lipinski definition) is 1. The molecule has 0 aliphatic carbocycles. The van der Waals surface area contributed by atoms with Crippen molar-refractivity contribution in [2.45, 2.75) is 16.7 Å². The molecule has 7 heteroatoms. The second-order valence-electron chi connectivity index (χ2n) is 6.46. The summed E-state index contributed by atoms with van der Waals surface area (Å²) < 4.78 is 26.2. The Bertz CT molecular complexity index is 1150. The molecule has 146 valence electrons. The van der Waals surface area contributed by atoms with Gasteiger partial charge in [-0.05, 0) is 61.5 Å². The first kappa shape index (κ1) is 19.0. The number of rotatable bonds is 3. The van der Waals surface area contributed by atoms with Crippen molar-refractivity contribution in [2.75, 3.05) is 16.8 Å². The van der Waals surface area contributed by atoms with Gasteiger partial charge in [-0.3, -0.25) is 9.59 Å². The molecule has 1 N–H and O–H groups in total. The van der Waals surface area contributed by atoms with Gasteiger partial charge in [0, 0.05) is 17.8 Å². The molecule has 0 saturated carbocycles. The second-order valence-corrected chi connectivity index (χ2v) is 7.87. The third-order valence-electron chi connectivity index (χ3n) is 4.69. The zero-order chi connectivity index (χ0) is 20.5. The lowest BCUT2D eigenvalue weighted by molar-refractivity contribution is 0.0982. The van der Waals surface area contributed by atoms with Crippen LogP contribution in [-0.4, -0.2) is 22.6 Å². The summed E-state index contributed by atoms with van der Waals surface area (Å²) in [6.45, 7) is 2.18. The Labute approximate surface area is 169 Å². The molecule has 2 amide bonds. The average Bonchev–Trinajstić information content (AvgIpc) is 2.83. The molecule has 0 fully saturated rings. The summed E-state index contributed by atoms with van der Waals surface area (Å²) in [4.78, 5) is 28.2. The molecular formula is C22H17FN2O3S. The predicted octanol–water partition coefficient (Wildman–Crippen LogP) is 4.22. The van der Waals surface area contributed by atoms with Gasteiger partial charge in [-0.2, -0.15) is 0 Å². The molecule has 1 unspecified atom stereocenters. The van der Waals surface area contributed by atoms with Crippen LogP contribution in [0.2, 0.25) is 0 Å². The van der Waals surface area contributed by atoms with Crippen LogP contribution >= 0.6 is 0 Å². The molecule has 1 aliphatic heterocycles. The van der Waals surface area contributed by atoms with Gasteiger partial charge < -0.3 is 10.2 Å². The number of benzene rings is 3. The van der Waals surface area contributed by atoms with E-state index in [9.17, 15) is 18.2 Å². The van der Waals surface area contributed by atoms with E-state index in [2.05, 4.69) is 5.32 Å². The summed E-state index contributed by atoms with van der Waals surface area (Å²) in [5.41, 5.74) is 1.59. The maximum atomic E-state index is 13.1. The molecule has 1 heterocycles. The van der Waals surface area contributed by atoms with E-state index in [0.717, 1.165) is 0 Å². The monoisotopic (exact) mass is 408 g/mol. The molecule has 1 aliphatic rings. The fourth-order valence-corrected chi connectivity index (χ4v) is 4.60. The molecule has 3 aromatic carbocycles. The van der Waals surface area contributed by atoms with Crippen molar-refractivity contribution in [1.29, 1.82) is 0 Å². The summed E-state index contributed by atoms with van der Waals surface area (Å²) in [6.07, 6.45) is 0. The van der Waals surface area contributed by atoms with Crippen LogP contribution in [0.25, 0.3) is 0 Å². The summed E-state index contributed by atoms with van der Waals surface area (Å²) in [6, 6.07) is 17.0. The molecule has 4 rings (SSSR count). The largest absolute Gasteiger partial charge is 0.322 e. The van der Waals surface area contributed by atoms with E-state index >= 15 is 0 Å². The zero-order valence-electron chi connectivity index (χ0n) is 15.5. The van der Waals surface area contributed by atoms with Crippen molar-refractivity contribution in [3.05, 3.63) is 83.7 Å². The van der Waals surface area contributed by atoms with Crippen molar-refractivity contribution in [2.24, 2.45) is 0 Å². The summed E-state index contributed by atoms with van der Waals surface area (Å²) in [5, 5.41) is 2.70. The molecule has 0 aromatic heterocycles. The van der Waals surface area contributed by atoms with Gasteiger partial charge in [0.05, 0.1) is 31.8 Å². The van der Waals surface area contributed by atoms with E-state index in [1.807, 2.05) is 6.92 Å². The van der Waals surface area contributed by atoms with Crippen molar-refractivity contribution in [3.63, 3.8) is 0 Å². The fourth-order valence-electron chi connectivity index (χ4n) is 3.26. The highest BCUT2D eigenvalue weighted by Crippen LogP contribution is 2.35. The van der Waals surface area contributed by atoms with Crippen LogP contribution in [0.15, 0.2) is 76.5 Å². The zero-order valence-corrected chi connectivity index (χ0v) is 16.3. The number of amides is 2. The highest BCUT2D eigenvalue weighted by atomic mass is 32.2. The SMILES string of the molecule is CCN1C(=O)c2ccccc2S(=O)c2ccc(C(=O)Nc3ccc(F)cc3)cc21. The number of halogens is 1. The first-order valence-corrected chi connectivity index (χ1v) is 10.2. The van der Waals surface area contributed by atoms with Crippen LogP contribution in [0.3, 0.4) is 0 Å². The highest BCUT2D eigenvalue weighted by Gasteiger charge is 2.30. The molecular weight excluding hydrogens is 391 g/mol. The molecule has 0 saturated heterocycles. The average molecular weight is 408 g/mol. The van der Waals surface area contributed by atoms with Crippen molar-refractivity contribution in [1.82, 2.24) is 0 Å². The minimum absolute atomic E-state index is 0.258. The van der Waals surface area contributed by atoms with Gasteiger partial charge in [0.2, 0.25) is 0 Å². The van der Waals surface area contributed by atoms with Crippen molar-refractivity contribution < 1.29 is 18.2 Å². The van der Waals surface area contributed by atoms with Gasteiger partial charge in [-0.15, -0.1) is 0 Å². The first-order chi connectivity index (χ1) is 14.0. The smallest absolute Gasteiger partial charge is 0.259 e. The van der Waals surface area contributed by atoms with Gasteiger partial charge in [-0.25, -0.2) is 8.60 Å². The Morgan fingerprint density at radius 3 is 2.48 bits per heavy atom. The second kappa shape index (κ2) is 7.60. The van der Waals surface area contributed by atoms with E-state index in [4.69, 9.17) is 0 Å². The lowest BCUT2D eigenvalue weighted by Gasteiger charge is -2.21. The standard InChI is InChI=1S/C22H17FN2O3S/c1-2-25-18-13-14(21(26)24-16-10-8-15(23)9-11-16)7-12-20(18)29(28)19-6-4-3-5-17(19)22(25)27/h3-13H,2H2,1H3,(H,24,26). The Kier molecular flexibility index (Phi) is 4.98. The van der Waals surface area contributed by atoms with Gasteiger partial charge in [0.1, 0.15) is 5.82 Å². The van der Waals surface area contributed by atoms with Gasteiger partial charge in [-0.1, -0.05) is 12.1 Å². The molecule has 0 bridgehead atoms. The quantitative estimate of drug-likeness (QED) is 0.706. The van der Waals surface area contributed by atoms with E-state index in [0.29, 0.717) is 38.8 Å². The highest BCUT2D eigenvalue weighted by molar-refractivity contribution is 7.85. The Hall–Kier alpha value is -3.32. The Balaban J connectivity index is 1.75. The lowest BCUT2D eigenvalue weighted by Crippen LogP contribution is -2.30. The molecule has 0 spiro atoms. The van der Waals surface area contributed by atoms with Crippen LogP contribution in [0.5, 0.6) is 0 Å². The molecule has 0 radical (unpaired) electrons. The number of nitrogens with zero attached hydrogens (tertiary/aromatic N) is 1. The van der Waals surface area contributed by atoms with Crippen LogP contribution in [0, 0.1) is 5.82 Å². The maximum absolute atomic E-state index is 13.1. The lowest BCUT2D eigenvalue weighted by atomic mass is 10.1. The third-order valence-corrected chi connectivity index (χ3v) is 6.19. The Morgan fingerprint density at radius 2 is 1.76 bits per heavy atom. The summed E-state index contributed by atoms with van der Waals surface area (Å²) >= 11 is 0. The summed E-state index contributed by atoms with van der Waals surface area (Å²) in [5.74, 6) is -1.06. The van der Waals surface area contributed by atoms with Crippen LogP contribution < -0.4 is 10.2 Å². The van der Waals surface area contributed by atoms with Gasteiger partial charge in [0.25, 0.3) is 11.8 Å². The number of carbonyl (C=O) groups is 2. The van der Waals surface area contributed by atoms with Gasteiger partial charge >= 0.3 is 0 Å². The van der Waals surface area contributed by atoms with Crippen molar-refractivity contribution >= 4 is 34.0 Å². The van der Waals surface area contributed by atoms with E-state index in [1.165, 1.54) is 29.2 Å². The summed E-state index contributed by atoms with van der Waals surface area (Å²) in [7, 11) is -1.55. The Morgan fingerprint density at radius 1 is 1.03 bits per heavy atom. The van der Waals surface area contributed by atoms with E-state index < -0.39 is 22.5 Å².